The van der Waals surface area contributed by atoms with Crippen LogP contribution in [0.1, 0.15) is 23.6 Å². The van der Waals surface area contributed by atoms with Gasteiger partial charge in [-0.3, -0.25) is 14.9 Å². The summed E-state index contributed by atoms with van der Waals surface area (Å²) in [6.45, 7) is 7.70. The Bertz CT molecular complexity index is 966. The van der Waals surface area contributed by atoms with Crippen molar-refractivity contribution in [3.63, 3.8) is 0 Å². The van der Waals surface area contributed by atoms with Gasteiger partial charge in [0.05, 0.1) is 24.4 Å². The second-order valence-electron chi connectivity index (χ2n) is 7.34. The van der Waals surface area contributed by atoms with Gasteiger partial charge in [0.15, 0.2) is 0 Å². The molecular weight excluding hydrogens is 400 g/mol. The molecule has 2 aromatic carbocycles. The minimum absolute atomic E-state index is 0.00771. The molecule has 1 amide bonds. The maximum atomic E-state index is 12.4. The molecule has 1 fully saturated rings. The van der Waals surface area contributed by atoms with E-state index in [1.165, 1.54) is 12.3 Å². The number of morpholine rings is 1. The van der Waals surface area contributed by atoms with Crippen molar-refractivity contribution in [3.05, 3.63) is 63.2 Å². The Kier molecular flexibility index (Phi) is 7.19. The molecule has 0 bridgehead atoms. The molecule has 0 aromatic heterocycles. The Labute approximate surface area is 180 Å². The summed E-state index contributed by atoms with van der Waals surface area (Å²) in [4.78, 5) is 30.7. The first-order valence-corrected chi connectivity index (χ1v) is 10.0. The maximum Gasteiger partial charge on any atom is 0.293 e. The summed E-state index contributed by atoms with van der Waals surface area (Å²) in [5.41, 5.74) is 3.71. The molecule has 1 saturated heterocycles. The lowest BCUT2D eigenvalue weighted by atomic mass is 10.1. The van der Waals surface area contributed by atoms with Gasteiger partial charge in [-0.1, -0.05) is 29.4 Å². The van der Waals surface area contributed by atoms with Crippen LogP contribution in [-0.2, 0) is 14.4 Å². The van der Waals surface area contributed by atoms with Gasteiger partial charge in [0.25, 0.3) is 11.6 Å². The third-order valence-corrected chi connectivity index (χ3v) is 5.07. The normalized spacial score (nSPS) is 15.0. The summed E-state index contributed by atoms with van der Waals surface area (Å²) in [6, 6.07) is 10.6. The van der Waals surface area contributed by atoms with Crippen molar-refractivity contribution in [2.24, 2.45) is 5.16 Å². The van der Waals surface area contributed by atoms with Crippen molar-refractivity contribution >= 4 is 29.2 Å². The van der Waals surface area contributed by atoms with E-state index in [1.807, 2.05) is 36.9 Å². The summed E-state index contributed by atoms with van der Waals surface area (Å²) in [5, 5.41) is 18.2. The fourth-order valence-corrected chi connectivity index (χ4v) is 3.31. The molecule has 0 spiro atoms. The van der Waals surface area contributed by atoms with Gasteiger partial charge in [0.2, 0.25) is 6.10 Å². The number of hydrogen-bond acceptors (Lipinski definition) is 7. The predicted molar refractivity (Wildman–Crippen MR) is 119 cm³/mol. The third kappa shape index (κ3) is 5.58. The average molecular weight is 426 g/mol. The van der Waals surface area contributed by atoms with Gasteiger partial charge in [-0.25, -0.2) is 0 Å². The first kappa shape index (κ1) is 22.2. The van der Waals surface area contributed by atoms with Crippen LogP contribution in [0.5, 0.6) is 0 Å². The van der Waals surface area contributed by atoms with E-state index in [0.717, 1.165) is 16.8 Å². The van der Waals surface area contributed by atoms with Gasteiger partial charge in [-0.15, -0.1) is 0 Å². The molecule has 31 heavy (non-hydrogen) atoms. The first-order valence-electron chi connectivity index (χ1n) is 10.0. The van der Waals surface area contributed by atoms with Gasteiger partial charge in [0, 0.05) is 30.4 Å². The van der Waals surface area contributed by atoms with Gasteiger partial charge in [0.1, 0.15) is 5.69 Å². The zero-order chi connectivity index (χ0) is 22.4. The monoisotopic (exact) mass is 426 g/mol. The number of hydrogen-bond donors (Lipinski definition) is 1. The Hall–Kier alpha value is -3.46. The molecule has 9 nitrogen and oxygen atoms in total. The SMILES string of the molecule is Cc1cccc(C)c1NC(=O)C(C)ON=Cc1ccc(N2CCOCC2)c([N+](=O)[O-])c1. The van der Waals surface area contributed by atoms with Gasteiger partial charge in [-0.2, -0.15) is 0 Å². The van der Waals surface area contributed by atoms with Crippen LogP contribution in [0.25, 0.3) is 0 Å². The van der Waals surface area contributed by atoms with Crippen molar-refractivity contribution in [1.82, 2.24) is 0 Å². The smallest absolute Gasteiger partial charge is 0.293 e. The van der Waals surface area contributed by atoms with E-state index in [0.29, 0.717) is 37.6 Å². The number of nitro groups is 1. The first-order chi connectivity index (χ1) is 14.9. The molecule has 3 rings (SSSR count). The highest BCUT2D eigenvalue weighted by atomic mass is 16.6. The lowest BCUT2D eigenvalue weighted by Crippen LogP contribution is -2.36. The Morgan fingerprint density at radius 1 is 1.26 bits per heavy atom. The highest BCUT2D eigenvalue weighted by molar-refractivity contribution is 5.95. The second kappa shape index (κ2) is 10.0. The van der Waals surface area contributed by atoms with Crippen LogP contribution in [0.3, 0.4) is 0 Å². The van der Waals surface area contributed by atoms with Crippen molar-refractivity contribution in [2.75, 3.05) is 36.5 Å². The summed E-state index contributed by atoms with van der Waals surface area (Å²) in [7, 11) is 0. The largest absolute Gasteiger partial charge is 0.383 e. The van der Waals surface area contributed by atoms with E-state index >= 15 is 0 Å². The molecule has 1 N–H and O–H groups in total. The molecule has 1 aliphatic heterocycles. The number of carbonyl (C=O) groups excluding carboxylic acids is 1. The number of amides is 1. The summed E-state index contributed by atoms with van der Waals surface area (Å²) in [5.74, 6) is -0.330. The third-order valence-electron chi connectivity index (χ3n) is 5.07. The Balaban J connectivity index is 1.65. The van der Waals surface area contributed by atoms with Gasteiger partial charge >= 0.3 is 0 Å². The van der Waals surface area contributed by atoms with E-state index in [-0.39, 0.29) is 11.6 Å². The molecule has 0 radical (unpaired) electrons. The number of nitrogens with zero attached hydrogens (tertiary/aromatic N) is 3. The number of carbonyl (C=O) groups is 1. The molecule has 0 saturated carbocycles. The molecule has 9 heteroatoms. The van der Waals surface area contributed by atoms with Crippen molar-refractivity contribution in [2.45, 2.75) is 26.9 Å². The van der Waals surface area contributed by atoms with Crippen molar-refractivity contribution < 1.29 is 19.3 Å². The predicted octanol–water partition coefficient (Wildman–Crippen LogP) is 3.43. The van der Waals surface area contributed by atoms with Crippen molar-refractivity contribution in [3.8, 4) is 0 Å². The topological polar surface area (TPSA) is 106 Å². The number of para-hydroxylation sites is 1. The Morgan fingerprint density at radius 2 is 1.94 bits per heavy atom. The zero-order valence-corrected chi connectivity index (χ0v) is 17.8. The number of ether oxygens (including phenoxy) is 1. The quantitative estimate of drug-likeness (QED) is 0.413. The molecule has 0 aliphatic carbocycles. The number of aryl methyl sites for hydroxylation is 2. The van der Waals surface area contributed by atoms with E-state index < -0.39 is 11.0 Å². The lowest BCUT2D eigenvalue weighted by Gasteiger charge is -2.28. The molecular formula is C22H26N4O5. The lowest BCUT2D eigenvalue weighted by molar-refractivity contribution is -0.384. The molecule has 1 unspecified atom stereocenters. The fourth-order valence-electron chi connectivity index (χ4n) is 3.31. The van der Waals surface area contributed by atoms with E-state index in [4.69, 9.17) is 9.57 Å². The van der Waals surface area contributed by atoms with Crippen LogP contribution in [0.4, 0.5) is 17.1 Å². The van der Waals surface area contributed by atoms with Crippen LogP contribution >= 0.6 is 0 Å². The number of anilines is 2. The van der Waals surface area contributed by atoms with Crippen LogP contribution < -0.4 is 10.2 Å². The summed E-state index contributed by atoms with van der Waals surface area (Å²) in [6.07, 6.45) is 0.525. The van der Waals surface area contributed by atoms with Gasteiger partial charge < -0.3 is 19.8 Å². The zero-order valence-electron chi connectivity index (χ0n) is 17.8. The van der Waals surface area contributed by atoms with Crippen LogP contribution in [0, 0.1) is 24.0 Å². The standard InChI is InChI=1S/C22H26N4O5/c1-15-5-4-6-16(2)21(15)24-22(27)17(3)31-23-14-18-7-8-19(20(13-18)26(28)29)25-9-11-30-12-10-25/h4-8,13-14,17H,9-12H2,1-3H3,(H,24,27). The number of oxime groups is 1. The van der Waals surface area contributed by atoms with E-state index in [1.54, 1.807) is 19.1 Å². The highest BCUT2D eigenvalue weighted by Crippen LogP contribution is 2.29. The summed E-state index contributed by atoms with van der Waals surface area (Å²) < 4.78 is 5.31. The molecule has 1 atom stereocenters. The number of rotatable bonds is 7. The molecule has 164 valence electrons. The van der Waals surface area contributed by atoms with Gasteiger partial charge in [-0.05, 0) is 38.0 Å². The van der Waals surface area contributed by atoms with Crippen LogP contribution in [0.15, 0.2) is 41.6 Å². The number of benzene rings is 2. The van der Waals surface area contributed by atoms with Crippen molar-refractivity contribution in [1.29, 1.82) is 0 Å². The molecule has 1 heterocycles. The Morgan fingerprint density at radius 3 is 2.58 bits per heavy atom. The number of nitrogens with one attached hydrogen (secondary N) is 1. The second-order valence-corrected chi connectivity index (χ2v) is 7.34. The minimum Gasteiger partial charge on any atom is -0.383 e. The summed E-state index contributed by atoms with van der Waals surface area (Å²) >= 11 is 0. The van der Waals surface area contributed by atoms with E-state index in [2.05, 4.69) is 10.5 Å². The molecule has 1 aliphatic rings. The number of nitro benzene ring substituents is 1. The maximum absolute atomic E-state index is 12.4. The van der Waals surface area contributed by atoms with Crippen LogP contribution in [-0.4, -0.2) is 49.5 Å². The average Bonchev–Trinajstić information content (AvgIpc) is 2.76. The minimum atomic E-state index is -0.835. The van der Waals surface area contributed by atoms with Crippen LogP contribution in [0.2, 0.25) is 0 Å². The highest BCUT2D eigenvalue weighted by Gasteiger charge is 2.22. The fraction of sp³-hybridized carbons (Fsp3) is 0.364. The molecule has 2 aromatic rings. The van der Waals surface area contributed by atoms with E-state index in [9.17, 15) is 14.9 Å².